The Labute approximate surface area is 184 Å². The minimum absolute atomic E-state index is 0.116. The first-order valence-corrected chi connectivity index (χ1v) is 12.5. The van der Waals surface area contributed by atoms with Crippen LogP contribution in [-0.2, 0) is 9.59 Å². The highest BCUT2D eigenvalue weighted by atomic mass is 16.4. The zero-order chi connectivity index (χ0) is 22.3. The van der Waals surface area contributed by atoms with Crippen LogP contribution in [0, 0.1) is 10.8 Å². The summed E-state index contributed by atoms with van der Waals surface area (Å²) in [6.45, 7) is 4.34. The first-order valence-electron chi connectivity index (χ1n) is 12.5. The van der Waals surface area contributed by atoms with Crippen molar-refractivity contribution in [3.8, 4) is 0 Å². The fourth-order valence-electron chi connectivity index (χ4n) is 4.93. The van der Waals surface area contributed by atoms with E-state index in [1.165, 1.54) is 44.9 Å². The van der Waals surface area contributed by atoms with E-state index in [1.807, 2.05) is 0 Å². The molecule has 174 valence electrons. The van der Waals surface area contributed by atoms with Crippen molar-refractivity contribution in [3.05, 3.63) is 12.2 Å². The maximum absolute atomic E-state index is 12.1. The summed E-state index contributed by atoms with van der Waals surface area (Å²) in [6.07, 6.45) is 20.7. The highest BCUT2D eigenvalue weighted by Gasteiger charge is 2.43. The third-order valence-corrected chi connectivity index (χ3v) is 6.92. The van der Waals surface area contributed by atoms with Gasteiger partial charge in [0.15, 0.2) is 0 Å². The molecule has 2 unspecified atom stereocenters. The number of allylic oxidation sites excluding steroid dienone is 1. The summed E-state index contributed by atoms with van der Waals surface area (Å²) in [7, 11) is 0. The zero-order valence-electron chi connectivity index (χ0n) is 19.5. The van der Waals surface area contributed by atoms with E-state index in [9.17, 15) is 19.8 Å². The average Bonchev–Trinajstić information content (AvgIpc) is 2.72. The standard InChI is InChI=1S/C26H46O4/c1-3-5-7-9-10-11-12-13-14-16-19-26(24(29)30)21-17-20-25(22-26,23(27)28)18-15-8-6-4-2/h17,21H,3-16,18-20,22H2,1-2H3,(H,27,28)(H,29,30)/p-2. The Bertz CT molecular complexity index is 527. The van der Waals surface area contributed by atoms with Gasteiger partial charge in [-0.2, -0.15) is 0 Å². The van der Waals surface area contributed by atoms with Crippen LogP contribution in [0.2, 0.25) is 0 Å². The predicted octanol–water partition coefficient (Wildman–Crippen LogP) is 5.09. The van der Waals surface area contributed by atoms with Crippen LogP contribution >= 0.6 is 0 Å². The maximum atomic E-state index is 12.1. The predicted molar refractivity (Wildman–Crippen MR) is 118 cm³/mol. The molecule has 30 heavy (non-hydrogen) atoms. The highest BCUT2D eigenvalue weighted by molar-refractivity contribution is 5.79. The van der Waals surface area contributed by atoms with Gasteiger partial charge in [0, 0.05) is 16.8 Å². The zero-order valence-corrected chi connectivity index (χ0v) is 19.5. The first kappa shape index (κ1) is 26.7. The minimum Gasteiger partial charge on any atom is -0.550 e. The topological polar surface area (TPSA) is 80.3 Å². The summed E-state index contributed by atoms with van der Waals surface area (Å²) in [4.78, 5) is 24.1. The normalized spacial score (nSPS) is 23.5. The second-order valence-electron chi connectivity index (χ2n) is 9.54. The number of hydrogen-bond donors (Lipinski definition) is 0. The lowest BCUT2D eigenvalue weighted by atomic mass is 9.62. The molecule has 0 fully saturated rings. The van der Waals surface area contributed by atoms with Crippen molar-refractivity contribution in [3.63, 3.8) is 0 Å². The second-order valence-corrected chi connectivity index (χ2v) is 9.54. The van der Waals surface area contributed by atoms with Crippen LogP contribution in [0.3, 0.4) is 0 Å². The molecule has 0 aliphatic heterocycles. The van der Waals surface area contributed by atoms with Crippen LogP contribution in [0.1, 0.15) is 129 Å². The maximum Gasteiger partial charge on any atom is 0.0514 e. The molecule has 4 nitrogen and oxygen atoms in total. The number of hydrogen-bond acceptors (Lipinski definition) is 4. The number of carboxylic acids is 2. The van der Waals surface area contributed by atoms with Gasteiger partial charge in [-0.05, 0) is 25.7 Å². The fourth-order valence-corrected chi connectivity index (χ4v) is 4.93. The van der Waals surface area contributed by atoms with Crippen molar-refractivity contribution in [1.82, 2.24) is 0 Å². The number of carboxylic acid groups (broad SMARTS) is 2. The second kappa shape index (κ2) is 14.6. The Kier molecular flexibility index (Phi) is 13.0. The molecule has 0 bridgehead atoms. The van der Waals surface area contributed by atoms with Gasteiger partial charge in [0.1, 0.15) is 0 Å². The highest BCUT2D eigenvalue weighted by Crippen LogP contribution is 2.48. The summed E-state index contributed by atoms with van der Waals surface area (Å²) in [5.74, 6) is -2.23. The number of rotatable bonds is 18. The van der Waals surface area contributed by atoms with Crippen LogP contribution in [0.5, 0.6) is 0 Å². The summed E-state index contributed by atoms with van der Waals surface area (Å²) >= 11 is 0. The molecule has 0 aromatic rings. The molecule has 0 spiro atoms. The molecule has 0 radical (unpaired) electrons. The third-order valence-electron chi connectivity index (χ3n) is 6.92. The summed E-state index contributed by atoms with van der Waals surface area (Å²) < 4.78 is 0. The van der Waals surface area contributed by atoms with E-state index in [0.29, 0.717) is 19.3 Å². The SMILES string of the molecule is CCCCCCCCCCCCC1(C(=O)[O-])C=CCC(CCCCCC)(C(=O)[O-])C1. The van der Waals surface area contributed by atoms with Crippen LogP contribution in [0.25, 0.3) is 0 Å². The Balaban J connectivity index is 2.51. The van der Waals surface area contributed by atoms with Gasteiger partial charge >= 0.3 is 0 Å². The van der Waals surface area contributed by atoms with Gasteiger partial charge < -0.3 is 19.8 Å². The van der Waals surface area contributed by atoms with Gasteiger partial charge in [0.2, 0.25) is 0 Å². The quantitative estimate of drug-likeness (QED) is 0.228. The molecule has 0 saturated heterocycles. The summed E-state index contributed by atoms with van der Waals surface area (Å²) in [5.41, 5.74) is -2.23. The summed E-state index contributed by atoms with van der Waals surface area (Å²) in [5, 5.41) is 24.1. The molecule has 1 aliphatic carbocycles. The molecule has 0 N–H and O–H groups in total. The average molecular weight is 421 g/mol. The van der Waals surface area contributed by atoms with Gasteiger partial charge in [-0.25, -0.2) is 0 Å². The largest absolute Gasteiger partial charge is 0.550 e. The van der Waals surface area contributed by atoms with Crippen molar-refractivity contribution in [1.29, 1.82) is 0 Å². The number of carbonyl (C=O) groups excluding carboxylic acids is 2. The number of carbonyl (C=O) groups is 2. The van der Waals surface area contributed by atoms with E-state index in [-0.39, 0.29) is 6.42 Å². The van der Waals surface area contributed by atoms with Crippen LogP contribution in [0.15, 0.2) is 12.2 Å². The van der Waals surface area contributed by atoms with Crippen LogP contribution in [0.4, 0.5) is 0 Å². The molecule has 0 saturated carbocycles. The lowest BCUT2D eigenvalue weighted by Crippen LogP contribution is -2.52. The Morgan fingerprint density at radius 3 is 1.67 bits per heavy atom. The minimum atomic E-state index is -1.16. The molecule has 0 amide bonds. The van der Waals surface area contributed by atoms with E-state index in [1.54, 1.807) is 12.2 Å². The molecule has 4 heteroatoms. The number of aliphatic carboxylic acids is 2. The van der Waals surface area contributed by atoms with Crippen LogP contribution < -0.4 is 10.2 Å². The van der Waals surface area contributed by atoms with Gasteiger partial charge in [-0.15, -0.1) is 0 Å². The van der Waals surface area contributed by atoms with Crippen LogP contribution in [-0.4, -0.2) is 11.9 Å². The van der Waals surface area contributed by atoms with Gasteiger partial charge in [-0.1, -0.05) is 116 Å². The monoisotopic (exact) mass is 420 g/mol. The van der Waals surface area contributed by atoms with Crippen molar-refractivity contribution in [2.75, 3.05) is 0 Å². The van der Waals surface area contributed by atoms with E-state index in [4.69, 9.17) is 0 Å². The lowest BCUT2D eigenvalue weighted by Gasteiger charge is -2.46. The van der Waals surface area contributed by atoms with Crippen molar-refractivity contribution < 1.29 is 19.8 Å². The lowest BCUT2D eigenvalue weighted by molar-refractivity contribution is -0.327. The Morgan fingerprint density at radius 1 is 0.700 bits per heavy atom. The smallest absolute Gasteiger partial charge is 0.0514 e. The van der Waals surface area contributed by atoms with Crippen molar-refractivity contribution in [2.24, 2.45) is 10.8 Å². The van der Waals surface area contributed by atoms with Gasteiger partial charge in [0.25, 0.3) is 0 Å². The Morgan fingerprint density at radius 2 is 1.17 bits per heavy atom. The van der Waals surface area contributed by atoms with Crippen molar-refractivity contribution >= 4 is 11.9 Å². The van der Waals surface area contributed by atoms with Crippen molar-refractivity contribution in [2.45, 2.75) is 129 Å². The van der Waals surface area contributed by atoms with E-state index in [0.717, 1.165) is 44.9 Å². The first-order chi connectivity index (χ1) is 14.4. The molecule has 0 aromatic carbocycles. The van der Waals surface area contributed by atoms with E-state index in [2.05, 4.69) is 13.8 Å². The number of unbranched alkanes of at least 4 members (excludes halogenated alkanes) is 12. The van der Waals surface area contributed by atoms with E-state index >= 15 is 0 Å². The fraction of sp³-hybridized carbons (Fsp3) is 0.846. The Hall–Kier alpha value is -1.32. The molecular formula is C26H44O4-2. The van der Waals surface area contributed by atoms with E-state index < -0.39 is 22.8 Å². The van der Waals surface area contributed by atoms with Gasteiger partial charge in [0.05, 0.1) is 5.97 Å². The molecular weight excluding hydrogens is 376 g/mol. The summed E-state index contributed by atoms with van der Waals surface area (Å²) in [6, 6.07) is 0. The molecule has 2 atom stereocenters. The molecule has 1 aliphatic rings. The molecule has 0 heterocycles. The molecule has 1 rings (SSSR count). The molecule has 0 aromatic heterocycles. The third kappa shape index (κ3) is 8.81. The van der Waals surface area contributed by atoms with Gasteiger partial charge in [-0.3, -0.25) is 0 Å².